The Morgan fingerprint density at radius 3 is 1.87 bits per heavy atom. The minimum absolute atomic E-state index is 0.217. The van der Waals surface area contributed by atoms with Crippen LogP contribution in [0.4, 0.5) is 0 Å². The first-order chi connectivity index (χ1) is 22.6. The first-order valence-corrected chi connectivity index (χ1v) is 14.9. The lowest BCUT2D eigenvalue weighted by atomic mass is 9.80. The molecule has 0 saturated carbocycles. The molecule has 0 aliphatic heterocycles. The van der Waals surface area contributed by atoms with Crippen LogP contribution in [0.1, 0.15) is 50.2 Å². The van der Waals surface area contributed by atoms with Gasteiger partial charge in [0.05, 0.1) is 24.3 Å². The van der Waals surface area contributed by atoms with Gasteiger partial charge in [0.2, 0.25) is 0 Å². The molecule has 0 fully saturated rings. The highest BCUT2D eigenvalue weighted by atomic mass is 16.5. The normalized spacial score (nSPS) is 10.5. The van der Waals surface area contributed by atoms with E-state index in [9.17, 15) is 24.4 Å². The summed E-state index contributed by atoms with van der Waals surface area (Å²) in [6, 6.07) is 23.0. The summed E-state index contributed by atoms with van der Waals surface area (Å²) in [4.78, 5) is 36.7. The summed E-state index contributed by atoms with van der Waals surface area (Å²) in [5.74, 6) is 0.212. The maximum absolute atomic E-state index is 12.9. The van der Waals surface area contributed by atoms with Gasteiger partial charge in [-0.25, -0.2) is 14.4 Å². The van der Waals surface area contributed by atoms with Crippen LogP contribution in [0.3, 0.4) is 0 Å². The minimum atomic E-state index is -1.58. The first-order valence-electron chi connectivity index (χ1n) is 14.9. The first kappa shape index (κ1) is 34.5. The number of hydrogen-bond donors (Lipinski definition) is 2. The van der Waals surface area contributed by atoms with Gasteiger partial charge in [-0.2, -0.15) is 0 Å². The van der Waals surface area contributed by atoms with Crippen LogP contribution in [0.15, 0.2) is 97.6 Å². The number of unbranched alkanes of at least 4 members (excludes halogenated alkanes) is 1. The monoisotopic (exact) mass is 638 g/mol. The molecule has 0 bridgehead atoms. The maximum atomic E-state index is 12.9. The number of hydrogen-bond acceptors (Lipinski definition) is 10. The molecule has 0 radical (unpaired) electrons. The average Bonchev–Trinajstić information content (AvgIpc) is 3.09. The topological polar surface area (TPSA) is 138 Å². The third kappa shape index (κ3) is 10.1. The zero-order valence-electron chi connectivity index (χ0n) is 26.1. The Morgan fingerprint density at radius 1 is 0.723 bits per heavy atom. The van der Waals surface area contributed by atoms with Crippen molar-refractivity contribution in [3.05, 3.63) is 125 Å². The lowest BCUT2D eigenvalue weighted by Gasteiger charge is -2.14. The summed E-state index contributed by atoms with van der Waals surface area (Å²) in [5.41, 5.74) is 3.10. The van der Waals surface area contributed by atoms with Gasteiger partial charge in [-0.1, -0.05) is 30.8 Å². The number of benzene rings is 4. The highest BCUT2D eigenvalue weighted by molar-refractivity contribution is 6.58. The van der Waals surface area contributed by atoms with Gasteiger partial charge in [-0.15, -0.1) is 0 Å². The molecule has 0 aliphatic rings. The van der Waals surface area contributed by atoms with E-state index in [1.54, 1.807) is 98.8 Å². The standard InChI is InChI=1S/C36H35BO10/c1-4-34(38)44-21-6-5-20-43-30-16-14-28(15-17-30)36(40)47-33-19-18-32(24(2)25(33)3)46-35(39)27-12-10-26(11-13-27)23-45-31-9-7-8-29(22-31)37(41)42/h4,7-19,22,41-42H,1,5-6,20-21,23H2,2-3H3. The molecular weight excluding hydrogens is 603 g/mol. The van der Waals surface area contributed by atoms with Crippen molar-refractivity contribution in [3.8, 4) is 23.0 Å². The molecule has 0 amide bonds. The summed E-state index contributed by atoms with van der Waals surface area (Å²) < 4.78 is 27.6. The van der Waals surface area contributed by atoms with E-state index in [-0.39, 0.29) is 6.61 Å². The molecule has 4 aromatic carbocycles. The van der Waals surface area contributed by atoms with Gasteiger partial charge in [0.25, 0.3) is 0 Å². The van der Waals surface area contributed by atoms with Crippen LogP contribution in [0, 0.1) is 13.8 Å². The summed E-state index contributed by atoms with van der Waals surface area (Å²) >= 11 is 0. The molecule has 4 aromatic rings. The second-order valence-electron chi connectivity index (χ2n) is 10.5. The minimum Gasteiger partial charge on any atom is -0.494 e. The highest BCUT2D eigenvalue weighted by Crippen LogP contribution is 2.30. The van der Waals surface area contributed by atoms with Crippen LogP contribution in [-0.2, 0) is 16.1 Å². The number of ether oxygens (including phenoxy) is 5. The van der Waals surface area contributed by atoms with Crippen molar-refractivity contribution in [2.75, 3.05) is 13.2 Å². The van der Waals surface area contributed by atoms with Crippen molar-refractivity contribution in [2.45, 2.75) is 33.3 Å². The maximum Gasteiger partial charge on any atom is 0.488 e. The van der Waals surface area contributed by atoms with E-state index in [1.165, 1.54) is 0 Å². The zero-order valence-corrected chi connectivity index (χ0v) is 26.1. The lowest BCUT2D eigenvalue weighted by Crippen LogP contribution is -2.29. The SMILES string of the molecule is C=CC(=O)OCCCCOc1ccc(C(=O)Oc2ccc(OC(=O)c3ccc(COc4cccc(B(O)O)c4)cc3)c(C)c2C)cc1. The molecule has 242 valence electrons. The second kappa shape index (κ2) is 16.8. The molecule has 11 heteroatoms. The van der Waals surface area contributed by atoms with E-state index >= 15 is 0 Å². The Hall–Kier alpha value is -5.39. The number of rotatable bonds is 15. The largest absolute Gasteiger partial charge is 0.494 e. The van der Waals surface area contributed by atoms with Crippen LogP contribution < -0.4 is 24.4 Å². The van der Waals surface area contributed by atoms with Crippen LogP contribution in [-0.4, -0.2) is 48.3 Å². The third-order valence-electron chi connectivity index (χ3n) is 7.15. The molecule has 0 spiro atoms. The molecule has 4 rings (SSSR count). The highest BCUT2D eigenvalue weighted by Gasteiger charge is 2.17. The molecule has 2 N–H and O–H groups in total. The predicted octanol–water partition coefficient (Wildman–Crippen LogP) is 4.89. The van der Waals surface area contributed by atoms with Gasteiger partial charge < -0.3 is 33.7 Å². The van der Waals surface area contributed by atoms with Gasteiger partial charge in [0.15, 0.2) is 0 Å². The Bertz CT molecular complexity index is 1700. The Labute approximate surface area is 273 Å². The van der Waals surface area contributed by atoms with E-state index in [0.29, 0.717) is 76.8 Å². The number of esters is 3. The smallest absolute Gasteiger partial charge is 0.488 e. The fraction of sp³-hybridized carbons (Fsp3) is 0.194. The average molecular weight is 638 g/mol. The fourth-order valence-corrected chi connectivity index (χ4v) is 4.29. The summed E-state index contributed by atoms with van der Waals surface area (Å²) in [6.07, 6.45) is 2.47. The Balaban J connectivity index is 1.27. The number of carbonyl (C=O) groups is 3. The third-order valence-corrected chi connectivity index (χ3v) is 7.15. The van der Waals surface area contributed by atoms with E-state index in [2.05, 4.69) is 6.58 Å². The van der Waals surface area contributed by atoms with Gasteiger partial charge in [-0.3, -0.25) is 0 Å². The second-order valence-corrected chi connectivity index (χ2v) is 10.5. The van der Waals surface area contributed by atoms with Gasteiger partial charge in [-0.05, 0) is 110 Å². The number of carbonyl (C=O) groups excluding carboxylic acids is 3. The van der Waals surface area contributed by atoms with Crippen LogP contribution in [0.2, 0.25) is 0 Å². The van der Waals surface area contributed by atoms with Crippen molar-refractivity contribution < 1.29 is 48.1 Å². The quantitative estimate of drug-likeness (QED) is 0.0609. The van der Waals surface area contributed by atoms with Gasteiger partial charge in [0.1, 0.15) is 29.6 Å². The van der Waals surface area contributed by atoms with E-state index in [0.717, 1.165) is 11.6 Å². The van der Waals surface area contributed by atoms with Crippen molar-refractivity contribution in [1.82, 2.24) is 0 Å². The summed E-state index contributed by atoms with van der Waals surface area (Å²) in [5, 5.41) is 18.7. The molecule has 47 heavy (non-hydrogen) atoms. The fourth-order valence-electron chi connectivity index (χ4n) is 4.29. The molecule has 0 heterocycles. The molecule has 0 aliphatic carbocycles. The van der Waals surface area contributed by atoms with Crippen molar-refractivity contribution in [2.24, 2.45) is 0 Å². The van der Waals surface area contributed by atoms with Gasteiger partial charge >= 0.3 is 25.0 Å². The van der Waals surface area contributed by atoms with Crippen LogP contribution in [0.5, 0.6) is 23.0 Å². The lowest BCUT2D eigenvalue weighted by molar-refractivity contribution is -0.137. The molecule has 0 unspecified atom stereocenters. The van der Waals surface area contributed by atoms with Crippen LogP contribution in [0.25, 0.3) is 0 Å². The van der Waals surface area contributed by atoms with Crippen molar-refractivity contribution in [1.29, 1.82) is 0 Å². The molecule has 0 saturated heterocycles. The van der Waals surface area contributed by atoms with E-state index in [1.807, 2.05) is 0 Å². The van der Waals surface area contributed by atoms with Crippen molar-refractivity contribution >= 4 is 30.5 Å². The Morgan fingerprint density at radius 2 is 1.30 bits per heavy atom. The predicted molar refractivity (Wildman–Crippen MR) is 175 cm³/mol. The molecule has 0 aromatic heterocycles. The van der Waals surface area contributed by atoms with E-state index < -0.39 is 25.0 Å². The van der Waals surface area contributed by atoms with Crippen LogP contribution >= 0.6 is 0 Å². The van der Waals surface area contributed by atoms with Crippen molar-refractivity contribution in [3.63, 3.8) is 0 Å². The Kier molecular flexibility index (Phi) is 12.3. The summed E-state index contributed by atoms with van der Waals surface area (Å²) in [6.45, 7) is 7.84. The molecule has 0 atom stereocenters. The van der Waals surface area contributed by atoms with Gasteiger partial charge in [0, 0.05) is 6.08 Å². The molecular formula is C36H35BO10. The van der Waals surface area contributed by atoms with E-state index in [4.69, 9.17) is 23.7 Å². The zero-order chi connectivity index (χ0) is 33.8. The summed E-state index contributed by atoms with van der Waals surface area (Å²) in [7, 11) is -1.58. The molecule has 10 nitrogen and oxygen atoms in total.